The Morgan fingerprint density at radius 1 is 1.56 bits per heavy atom. The lowest BCUT2D eigenvalue weighted by Gasteiger charge is -2.14. The van der Waals surface area contributed by atoms with Crippen LogP contribution in [0.3, 0.4) is 0 Å². The molecule has 0 aliphatic rings. The van der Waals surface area contributed by atoms with Crippen LogP contribution in [0.2, 0.25) is 0 Å². The van der Waals surface area contributed by atoms with Gasteiger partial charge < -0.3 is 10.4 Å². The largest absolute Gasteiger partial charge is 0.481 e. The molecule has 0 fully saturated rings. The minimum atomic E-state index is -0.786. The Morgan fingerprint density at radius 2 is 2.31 bits per heavy atom. The van der Waals surface area contributed by atoms with Crippen LogP contribution < -0.4 is 5.32 Å². The molecule has 0 aliphatic heterocycles. The van der Waals surface area contributed by atoms with E-state index in [2.05, 4.69) is 14.7 Å². The molecular weight excluding hydrogens is 226 g/mol. The summed E-state index contributed by atoms with van der Waals surface area (Å²) in [5, 5.41) is 12.6. The Hall–Kier alpha value is -1.17. The minimum absolute atomic E-state index is 0.0554. The first-order valence-electron chi connectivity index (χ1n) is 5.46. The Labute approximate surface area is 99.1 Å². The van der Waals surface area contributed by atoms with Crippen LogP contribution in [0.5, 0.6) is 0 Å². The molecule has 0 radical (unpaired) electrons. The van der Waals surface area contributed by atoms with Crippen molar-refractivity contribution in [2.24, 2.45) is 0 Å². The molecule has 1 atom stereocenters. The van der Waals surface area contributed by atoms with E-state index in [-0.39, 0.29) is 12.5 Å². The van der Waals surface area contributed by atoms with Gasteiger partial charge in [-0.3, -0.25) is 4.79 Å². The third-order valence-corrected chi connectivity index (χ3v) is 2.85. The van der Waals surface area contributed by atoms with Gasteiger partial charge in [-0.2, -0.15) is 4.37 Å². The molecule has 16 heavy (non-hydrogen) atoms. The van der Waals surface area contributed by atoms with E-state index < -0.39 is 5.97 Å². The van der Waals surface area contributed by atoms with Crippen molar-refractivity contribution in [3.05, 3.63) is 5.82 Å². The van der Waals surface area contributed by atoms with Crippen molar-refractivity contribution in [1.29, 1.82) is 0 Å². The van der Waals surface area contributed by atoms with Crippen LogP contribution in [0.15, 0.2) is 0 Å². The molecule has 90 valence electrons. The molecule has 0 spiro atoms. The van der Waals surface area contributed by atoms with Crippen LogP contribution in [0.1, 0.15) is 38.9 Å². The molecular formula is C10H17N3O2S. The highest BCUT2D eigenvalue weighted by molar-refractivity contribution is 7.09. The topological polar surface area (TPSA) is 75.1 Å². The van der Waals surface area contributed by atoms with Gasteiger partial charge in [0.2, 0.25) is 5.13 Å². The molecule has 0 saturated carbocycles. The fraction of sp³-hybridized carbons (Fsp3) is 0.700. The number of anilines is 1. The minimum Gasteiger partial charge on any atom is -0.481 e. The van der Waals surface area contributed by atoms with Gasteiger partial charge in [-0.25, -0.2) is 4.98 Å². The van der Waals surface area contributed by atoms with Gasteiger partial charge in [0, 0.05) is 24.0 Å². The van der Waals surface area contributed by atoms with Crippen molar-refractivity contribution in [2.45, 2.75) is 45.6 Å². The van der Waals surface area contributed by atoms with Gasteiger partial charge in [-0.1, -0.05) is 20.3 Å². The van der Waals surface area contributed by atoms with E-state index in [1.165, 1.54) is 11.5 Å². The van der Waals surface area contributed by atoms with E-state index in [4.69, 9.17) is 5.11 Å². The van der Waals surface area contributed by atoms with E-state index in [1.54, 1.807) is 0 Å². The molecule has 1 aromatic rings. The normalized spacial score (nSPS) is 12.4. The second-order valence-corrected chi connectivity index (χ2v) is 4.35. The van der Waals surface area contributed by atoms with Crippen LogP contribution in [0, 0.1) is 0 Å². The highest BCUT2D eigenvalue weighted by atomic mass is 32.1. The predicted molar refractivity (Wildman–Crippen MR) is 63.9 cm³/mol. The molecule has 1 rings (SSSR count). The van der Waals surface area contributed by atoms with E-state index >= 15 is 0 Å². The van der Waals surface area contributed by atoms with Crippen molar-refractivity contribution in [1.82, 2.24) is 9.36 Å². The first-order chi connectivity index (χ1) is 7.65. The van der Waals surface area contributed by atoms with E-state index in [9.17, 15) is 4.79 Å². The Balaban J connectivity index is 2.56. The number of rotatable bonds is 7. The maximum Gasteiger partial charge on any atom is 0.305 e. The summed E-state index contributed by atoms with van der Waals surface area (Å²) >= 11 is 1.29. The lowest BCUT2D eigenvalue weighted by atomic mass is 10.1. The van der Waals surface area contributed by atoms with Gasteiger partial charge in [0.15, 0.2) is 0 Å². The molecule has 1 heterocycles. The number of hydrogen-bond acceptors (Lipinski definition) is 5. The fourth-order valence-electron chi connectivity index (χ4n) is 1.42. The Bertz CT molecular complexity index is 341. The highest BCUT2D eigenvalue weighted by Gasteiger charge is 2.14. The molecule has 1 unspecified atom stereocenters. The summed E-state index contributed by atoms with van der Waals surface area (Å²) in [4.78, 5) is 14.9. The fourth-order valence-corrected chi connectivity index (χ4v) is 2.14. The van der Waals surface area contributed by atoms with E-state index in [0.29, 0.717) is 0 Å². The number of nitrogens with one attached hydrogen (secondary N) is 1. The SMILES string of the molecule is CCCC(CC(=O)O)Nc1nc(CC)ns1. The zero-order valence-electron chi connectivity index (χ0n) is 9.56. The van der Waals surface area contributed by atoms with Crippen LogP contribution in [0.4, 0.5) is 5.13 Å². The van der Waals surface area contributed by atoms with Crippen LogP contribution in [-0.2, 0) is 11.2 Å². The predicted octanol–water partition coefficient (Wildman–Crippen LogP) is 2.16. The summed E-state index contributed by atoms with van der Waals surface area (Å²) in [6.45, 7) is 4.03. The standard InChI is InChI=1S/C10H17N3O2S/c1-3-5-7(6-9(14)15)11-10-12-8(4-2)13-16-10/h7H,3-6H2,1-2H3,(H,14,15)(H,11,12,13). The summed E-state index contributed by atoms with van der Waals surface area (Å²) < 4.78 is 4.15. The third-order valence-electron chi connectivity index (χ3n) is 2.17. The smallest absolute Gasteiger partial charge is 0.305 e. The summed E-state index contributed by atoms with van der Waals surface area (Å²) in [6.07, 6.45) is 2.70. The van der Waals surface area contributed by atoms with Crippen molar-refractivity contribution in [3.63, 3.8) is 0 Å². The maximum absolute atomic E-state index is 10.7. The average molecular weight is 243 g/mol. The van der Waals surface area contributed by atoms with E-state index in [0.717, 1.165) is 30.2 Å². The zero-order chi connectivity index (χ0) is 12.0. The second kappa shape index (κ2) is 6.42. The molecule has 0 saturated heterocycles. The third kappa shape index (κ3) is 4.14. The first kappa shape index (κ1) is 12.9. The summed E-state index contributed by atoms with van der Waals surface area (Å²) in [5.41, 5.74) is 0. The molecule has 0 amide bonds. The lowest BCUT2D eigenvalue weighted by molar-refractivity contribution is -0.137. The zero-order valence-corrected chi connectivity index (χ0v) is 10.4. The summed E-state index contributed by atoms with van der Waals surface area (Å²) in [6, 6.07) is -0.0554. The number of carboxylic acid groups (broad SMARTS) is 1. The summed E-state index contributed by atoms with van der Waals surface area (Å²) in [5.74, 6) is 0.0178. The van der Waals surface area contributed by atoms with Crippen LogP contribution >= 0.6 is 11.5 Å². The number of carbonyl (C=O) groups is 1. The summed E-state index contributed by atoms with van der Waals surface area (Å²) in [7, 11) is 0. The molecule has 2 N–H and O–H groups in total. The quantitative estimate of drug-likeness (QED) is 0.767. The van der Waals surface area contributed by atoms with Gasteiger partial charge in [0.05, 0.1) is 6.42 Å². The van der Waals surface area contributed by atoms with Gasteiger partial charge in [-0.15, -0.1) is 0 Å². The first-order valence-corrected chi connectivity index (χ1v) is 6.24. The monoisotopic (exact) mass is 243 g/mol. The molecule has 0 aromatic carbocycles. The number of nitrogens with zero attached hydrogens (tertiary/aromatic N) is 2. The maximum atomic E-state index is 10.7. The van der Waals surface area contributed by atoms with Gasteiger partial charge >= 0.3 is 5.97 Å². The average Bonchev–Trinajstić information content (AvgIpc) is 2.65. The van der Waals surface area contributed by atoms with Crippen molar-refractivity contribution < 1.29 is 9.90 Å². The van der Waals surface area contributed by atoms with Gasteiger partial charge in [0.1, 0.15) is 5.82 Å². The lowest BCUT2D eigenvalue weighted by Crippen LogP contribution is -2.22. The second-order valence-electron chi connectivity index (χ2n) is 3.60. The Kier molecular flexibility index (Phi) is 5.18. The number of hydrogen-bond donors (Lipinski definition) is 2. The number of aryl methyl sites for hydroxylation is 1. The van der Waals surface area contributed by atoms with Gasteiger partial charge in [0.25, 0.3) is 0 Å². The number of carboxylic acids is 1. The molecule has 6 heteroatoms. The van der Waals surface area contributed by atoms with E-state index in [1.807, 2.05) is 13.8 Å². The number of aliphatic carboxylic acids is 1. The van der Waals surface area contributed by atoms with Crippen molar-refractivity contribution in [2.75, 3.05) is 5.32 Å². The molecule has 0 aliphatic carbocycles. The number of aromatic nitrogens is 2. The van der Waals surface area contributed by atoms with Crippen molar-refractivity contribution >= 4 is 22.6 Å². The van der Waals surface area contributed by atoms with Gasteiger partial charge in [-0.05, 0) is 6.42 Å². The van der Waals surface area contributed by atoms with Crippen molar-refractivity contribution in [3.8, 4) is 0 Å². The highest BCUT2D eigenvalue weighted by Crippen LogP contribution is 2.15. The molecule has 1 aromatic heterocycles. The molecule has 0 bridgehead atoms. The Morgan fingerprint density at radius 3 is 2.81 bits per heavy atom. The molecule has 5 nitrogen and oxygen atoms in total. The van der Waals surface area contributed by atoms with Crippen LogP contribution in [0.25, 0.3) is 0 Å². The van der Waals surface area contributed by atoms with Crippen LogP contribution in [-0.4, -0.2) is 26.5 Å².